The van der Waals surface area contributed by atoms with Crippen LogP contribution in [-0.2, 0) is 13.0 Å². The maximum atomic E-state index is 12.7. The van der Waals surface area contributed by atoms with Crippen molar-refractivity contribution in [1.29, 1.82) is 0 Å². The zero-order valence-electron chi connectivity index (χ0n) is 15.7. The van der Waals surface area contributed by atoms with E-state index in [1.165, 1.54) is 22.4 Å². The molecule has 0 fully saturated rings. The largest absolute Gasteiger partial charge is 0.310 e. The van der Waals surface area contributed by atoms with Crippen molar-refractivity contribution >= 4 is 35.3 Å². The van der Waals surface area contributed by atoms with Gasteiger partial charge in [0.25, 0.3) is 11.5 Å². The quantitative estimate of drug-likeness (QED) is 0.463. The molecule has 0 unspecified atom stereocenters. The number of hydrogen-bond donors (Lipinski definition) is 1. The molecule has 1 N–H and O–H groups in total. The molecule has 148 valence electrons. The minimum absolute atomic E-state index is 0.00559. The van der Waals surface area contributed by atoms with Gasteiger partial charge in [-0.25, -0.2) is 5.43 Å². The topological polar surface area (TPSA) is 63.5 Å². The molecule has 0 aliphatic heterocycles. The molecule has 0 aliphatic carbocycles. The van der Waals surface area contributed by atoms with Crippen LogP contribution < -0.4 is 11.0 Å². The number of carbonyl (C=O) groups excluding carboxylic acids is 1. The fourth-order valence-corrected chi connectivity index (χ4v) is 3.05. The fraction of sp³-hybridized carbons (Fsp3) is 0.136. The van der Waals surface area contributed by atoms with Gasteiger partial charge in [0.1, 0.15) is 5.56 Å². The average Bonchev–Trinajstić information content (AvgIpc) is 2.72. The van der Waals surface area contributed by atoms with E-state index in [4.69, 9.17) is 23.2 Å². The number of carbonyl (C=O) groups is 1. The van der Waals surface area contributed by atoms with E-state index in [9.17, 15) is 9.59 Å². The highest BCUT2D eigenvalue weighted by Gasteiger charge is 2.12. The number of aromatic nitrogens is 1. The number of amides is 1. The molecule has 0 saturated carbocycles. The van der Waals surface area contributed by atoms with E-state index in [1.54, 1.807) is 30.5 Å². The summed E-state index contributed by atoms with van der Waals surface area (Å²) in [6, 6.07) is 16.1. The third-order valence-corrected chi connectivity index (χ3v) is 5.11. The van der Waals surface area contributed by atoms with Crippen LogP contribution in [0.15, 0.2) is 70.7 Å². The number of hydrazone groups is 1. The molecule has 0 radical (unpaired) electrons. The van der Waals surface area contributed by atoms with Crippen molar-refractivity contribution in [3.63, 3.8) is 0 Å². The molecule has 3 aromatic rings. The lowest BCUT2D eigenvalue weighted by atomic mass is 10.1. The first-order valence-corrected chi connectivity index (χ1v) is 9.79. The molecule has 0 atom stereocenters. The van der Waals surface area contributed by atoms with Crippen molar-refractivity contribution in [2.24, 2.45) is 5.10 Å². The molecule has 29 heavy (non-hydrogen) atoms. The molecular weight excluding hydrogens is 409 g/mol. The van der Waals surface area contributed by atoms with E-state index in [0.29, 0.717) is 10.0 Å². The van der Waals surface area contributed by atoms with E-state index in [1.807, 2.05) is 24.3 Å². The molecule has 0 saturated heterocycles. The van der Waals surface area contributed by atoms with E-state index in [2.05, 4.69) is 17.5 Å². The summed E-state index contributed by atoms with van der Waals surface area (Å²) in [5, 5.41) is 4.80. The number of nitrogens with zero attached hydrogens (tertiary/aromatic N) is 2. The highest BCUT2D eigenvalue weighted by atomic mass is 35.5. The normalized spacial score (nSPS) is 11.0. The van der Waals surface area contributed by atoms with Crippen molar-refractivity contribution in [3.8, 4) is 0 Å². The number of rotatable bonds is 6. The van der Waals surface area contributed by atoms with Gasteiger partial charge in [-0.15, -0.1) is 0 Å². The first-order valence-electron chi connectivity index (χ1n) is 9.03. The Morgan fingerprint density at radius 2 is 1.79 bits per heavy atom. The van der Waals surface area contributed by atoms with Gasteiger partial charge in [-0.05, 0) is 47.4 Å². The van der Waals surface area contributed by atoms with Gasteiger partial charge in [0.05, 0.1) is 22.8 Å². The van der Waals surface area contributed by atoms with Gasteiger partial charge in [0.2, 0.25) is 0 Å². The second kappa shape index (κ2) is 9.54. The smallest absolute Gasteiger partial charge is 0.276 e. The van der Waals surface area contributed by atoms with Crippen LogP contribution in [0.3, 0.4) is 0 Å². The Kier molecular flexibility index (Phi) is 6.86. The highest BCUT2D eigenvalue weighted by Crippen LogP contribution is 2.22. The summed E-state index contributed by atoms with van der Waals surface area (Å²) < 4.78 is 1.43. The number of nitrogens with one attached hydrogen (secondary N) is 1. The maximum Gasteiger partial charge on any atom is 0.276 e. The number of halogens is 2. The monoisotopic (exact) mass is 427 g/mol. The summed E-state index contributed by atoms with van der Waals surface area (Å²) in [7, 11) is 0. The maximum absolute atomic E-state index is 12.7. The van der Waals surface area contributed by atoms with Crippen LogP contribution in [0.1, 0.15) is 34.0 Å². The number of hydrogen-bond acceptors (Lipinski definition) is 3. The van der Waals surface area contributed by atoms with E-state index < -0.39 is 11.5 Å². The summed E-state index contributed by atoms with van der Waals surface area (Å²) >= 11 is 11.9. The van der Waals surface area contributed by atoms with E-state index >= 15 is 0 Å². The Hall–Kier alpha value is -2.89. The standard InChI is InChI=1S/C22H19Cl2N3O2/c1-2-15-5-7-16(8-6-15)13-25-26-21(28)18-4-3-11-27(22(18)29)14-17-9-10-19(23)20(24)12-17/h3-13H,2,14H2,1H3,(H,26,28)/b25-13-. The molecule has 0 aliphatic rings. The summed E-state index contributed by atoms with van der Waals surface area (Å²) in [6.07, 6.45) is 4.10. The second-order valence-electron chi connectivity index (χ2n) is 6.40. The molecule has 7 heteroatoms. The van der Waals surface area contributed by atoms with Crippen molar-refractivity contribution in [3.05, 3.63) is 103 Å². The summed E-state index contributed by atoms with van der Waals surface area (Å²) in [6.45, 7) is 2.35. The highest BCUT2D eigenvalue weighted by molar-refractivity contribution is 6.42. The first kappa shape index (κ1) is 20.8. The van der Waals surface area contributed by atoms with Crippen LogP contribution in [-0.4, -0.2) is 16.7 Å². The Balaban J connectivity index is 1.72. The Bertz CT molecular complexity index is 1110. The third kappa shape index (κ3) is 5.34. The zero-order chi connectivity index (χ0) is 20.8. The van der Waals surface area contributed by atoms with Crippen LogP contribution in [0.4, 0.5) is 0 Å². The minimum Gasteiger partial charge on any atom is -0.310 e. The lowest BCUT2D eigenvalue weighted by Gasteiger charge is -2.08. The van der Waals surface area contributed by atoms with Gasteiger partial charge in [-0.2, -0.15) is 5.10 Å². The molecule has 1 aromatic heterocycles. The third-order valence-electron chi connectivity index (χ3n) is 4.37. The zero-order valence-corrected chi connectivity index (χ0v) is 17.2. The van der Waals surface area contributed by atoms with Crippen LogP contribution in [0.5, 0.6) is 0 Å². The van der Waals surface area contributed by atoms with Crippen LogP contribution >= 0.6 is 23.2 Å². The van der Waals surface area contributed by atoms with Crippen molar-refractivity contribution < 1.29 is 4.79 Å². The number of aryl methyl sites for hydroxylation is 1. The van der Waals surface area contributed by atoms with Crippen molar-refractivity contribution in [2.75, 3.05) is 0 Å². The van der Waals surface area contributed by atoms with Gasteiger partial charge in [-0.1, -0.05) is 60.5 Å². The van der Waals surface area contributed by atoms with Gasteiger partial charge < -0.3 is 4.57 Å². The predicted octanol–water partition coefficient (Wildman–Crippen LogP) is 4.53. The van der Waals surface area contributed by atoms with E-state index in [0.717, 1.165) is 17.5 Å². The van der Waals surface area contributed by atoms with Crippen molar-refractivity contribution in [2.45, 2.75) is 19.9 Å². The molecule has 3 rings (SSSR count). The van der Waals surface area contributed by atoms with Crippen LogP contribution in [0.2, 0.25) is 10.0 Å². The van der Waals surface area contributed by atoms with Gasteiger partial charge in [0.15, 0.2) is 0 Å². The second-order valence-corrected chi connectivity index (χ2v) is 7.21. The molecule has 0 spiro atoms. The molecule has 0 bridgehead atoms. The number of benzene rings is 2. The first-order chi connectivity index (χ1) is 14.0. The minimum atomic E-state index is -0.570. The Morgan fingerprint density at radius 1 is 1.07 bits per heavy atom. The lowest BCUT2D eigenvalue weighted by Crippen LogP contribution is -2.30. The van der Waals surface area contributed by atoms with Gasteiger partial charge in [-0.3, -0.25) is 9.59 Å². The van der Waals surface area contributed by atoms with Gasteiger partial charge >= 0.3 is 0 Å². The number of pyridine rings is 1. The summed E-state index contributed by atoms with van der Waals surface area (Å²) in [5.41, 5.74) is 4.86. The molecule has 1 amide bonds. The molecule has 2 aromatic carbocycles. The predicted molar refractivity (Wildman–Crippen MR) is 117 cm³/mol. The molecule has 1 heterocycles. The summed E-state index contributed by atoms with van der Waals surface area (Å²) in [4.78, 5) is 25.0. The Morgan fingerprint density at radius 3 is 2.48 bits per heavy atom. The van der Waals surface area contributed by atoms with Crippen LogP contribution in [0.25, 0.3) is 0 Å². The average molecular weight is 428 g/mol. The Labute approximate surface area is 178 Å². The van der Waals surface area contributed by atoms with Crippen LogP contribution in [0, 0.1) is 0 Å². The van der Waals surface area contributed by atoms with E-state index in [-0.39, 0.29) is 12.1 Å². The van der Waals surface area contributed by atoms with Crippen molar-refractivity contribution in [1.82, 2.24) is 9.99 Å². The fourth-order valence-electron chi connectivity index (χ4n) is 2.73. The lowest BCUT2D eigenvalue weighted by molar-refractivity contribution is 0.0953. The van der Waals surface area contributed by atoms with Gasteiger partial charge in [0, 0.05) is 6.20 Å². The molecular formula is C22H19Cl2N3O2. The molecule has 5 nitrogen and oxygen atoms in total. The summed E-state index contributed by atoms with van der Waals surface area (Å²) in [5.74, 6) is -0.570. The SMILES string of the molecule is CCc1ccc(/C=N\NC(=O)c2cccn(Cc3ccc(Cl)c(Cl)c3)c2=O)cc1.